The molecule has 2 aromatic heterocycles. The van der Waals surface area contributed by atoms with Gasteiger partial charge in [0.1, 0.15) is 11.2 Å². The van der Waals surface area contributed by atoms with E-state index < -0.39 is 0 Å². The molecule has 0 aliphatic carbocycles. The Bertz CT molecular complexity index is 2990. The molecular weight excluding hydrogens is 667 g/mol. The topological polar surface area (TPSA) is 18.1 Å². The smallest absolute Gasteiger partial charge is 0.135 e. The zero-order chi connectivity index (χ0) is 37.1. The number of allylic oxidation sites excluding steroid dienone is 3. The Hall–Kier alpha value is -7.16. The molecule has 0 fully saturated rings. The highest BCUT2D eigenvalue weighted by Crippen LogP contribution is 2.38. The van der Waals surface area contributed by atoms with Crippen molar-refractivity contribution in [2.24, 2.45) is 0 Å². The van der Waals surface area contributed by atoms with Crippen molar-refractivity contribution < 1.29 is 4.42 Å². The van der Waals surface area contributed by atoms with Gasteiger partial charge in [0.05, 0.1) is 11.0 Å². The molecular formula is C53H39NO. The van der Waals surface area contributed by atoms with Crippen LogP contribution in [0.5, 0.6) is 0 Å². The summed E-state index contributed by atoms with van der Waals surface area (Å²) in [6.07, 6.45) is 5.58. The van der Waals surface area contributed by atoms with E-state index in [9.17, 15) is 0 Å². The van der Waals surface area contributed by atoms with Crippen LogP contribution in [-0.4, -0.2) is 4.57 Å². The molecule has 0 spiro atoms. The molecule has 0 N–H and O–H groups in total. The fraction of sp³-hybridized carbons (Fsp3) is 0.0189. The SMILES string of the molecule is C=C/C=C\C.c1ccc(-c2cccc(-c3cccc(-c4ccc(-n5c6ccccc6c6cc(-c7ccc8oc9ccccc9c8c7)ccc65)cc4)c3)c2)cc1. The quantitative estimate of drug-likeness (QED) is 0.158. The first kappa shape index (κ1) is 33.7. The van der Waals surface area contributed by atoms with E-state index in [1.165, 1.54) is 66.3 Å². The molecule has 2 nitrogen and oxygen atoms in total. The van der Waals surface area contributed by atoms with Crippen LogP contribution in [0.15, 0.2) is 217 Å². The van der Waals surface area contributed by atoms with E-state index >= 15 is 0 Å². The van der Waals surface area contributed by atoms with Gasteiger partial charge >= 0.3 is 0 Å². The first-order valence-corrected chi connectivity index (χ1v) is 18.7. The lowest BCUT2D eigenvalue weighted by Gasteiger charge is -2.11. The molecule has 10 rings (SSSR count). The highest BCUT2D eigenvalue weighted by Gasteiger charge is 2.15. The molecule has 0 aliphatic heterocycles. The van der Waals surface area contributed by atoms with E-state index in [-0.39, 0.29) is 0 Å². The highest BCUT2D eigenvalue weighted by atomic mass is 16.3. The van der Waals surface area contributed by atoms with Crippen LogP contribution in [0, 0.1) is 0 Å². The van der Waals surface area contributed by atoms with E-state index in [1.807, 2.05) is 31.2 Å². The largest absolute Gasteiger partial charge is 0.456 e. The van der Waals surface area contributed by atoms with E-state index in [0.717, 1.165) is 27.6 Å². The molecule has 0 saturated heterocycles. The van der Waals surface area contributed by atoms with Gasteiger partial charge < -0.3 is 8.98 Å². The number of furan rings is 1. The van der Waals surface area contributed by atoms with Crippen LogP contribution in [0.1, 0.15) is 6.92 Å². The Morgan fingerprint density at radius 2 is 0.891 bits per heavy atom. The maximum Gasteiger partial charge on any atom is 0.135 e. The van der Waals surface area contributed by atoms with Gasteiger partial charge in [-0.2, -0.15) is 0 Å². The third-order valence-corrected chi connectivity index (χ3v) is 10.3. The van der Waals surface area contributed by atoms with Gasteiger partial charge in [0.25, 0.3) is 0 Å². The fourth-order valence-electron chi connectivity index (χ4n) is 7.66. The number of benzene rings is 8. The molecule has 55 heavy (non-hydrogen) atoms. The van der Waals surface area contributed by atoms with E-state index in [2.05, 4.69) is 187 Å². The lowest BCUT2D eigenvalue weighted by atomic mass is 9.96. The summed E-state index contributed by atoms with van der Waals surface area (Å²) in [6.45, 7) is 5.42. The second-order valence-electron chi connectivity index (χ2n) is 13.7. The number of fused-ring (bicyclic) bond motifs is 6. The Balaban J connectivity index is 0.000000748. The molecule has 2 heterocycles. The molecule has 0 unspecified atom stereocenters. The van der Waals surface area contributed by atoms with Crippen molar-refractivity contribution in [3.05, 3.63) is 213 Å². The molecule has 0 radical (unpaired) electrons. The summed E-state index contributed by atoms with van der Waals surface area (Å²) in [6, 6.07) is 67.5. The van der Waals surface area contributed by atoms with Crippen LogP contribution < -0.4 is 0 Å². The number of hydrogen-bond donors (Lipinski definition) is 0. The second-order valence-corrected chi connectivity index (χ2v) is 13.7. The van der Waals surface area contributed by atoms with Gasteiger partial charge in [-0.15, -0.1) is 0 Å². The van der Waals surface area contributed by atoms with Gasteiger partial charge in [-0.25, -0.2) is 0 Å². The fourth-order valence-corrected chi connectivity index (χ4v) is 7.66. The molecule has 0 amide bonds. The Morgan fingerprint density at radius 1 is 0.400 bits per heavy atom. The molecule has 262 valence electrons. The van der Waals surface area contributed by atoms with Crippen LogP contribution in [0.2, 0.25) is 0 Å². The molecule has 0 saturated carbocycles. The van der Waals surface area contributed by atoms with Gasteiger partial charge in [0.2, 0.25) is 0 Å². The summed E-state index contributed by atoms with van der Waals surface area (Å²) in [5.74, 6) is 0. The predicted molar refractivity (Wildman–Crippen MR) is 235 cm³/mol. The normalized spacial score (nSPS) is 11.4. The monoisotopic (exact) mass is 705 g/mol. The Kier molecular flexibility index (Phi) is 8.99. The number of aromatic nitrogens is 1. The Labute approximate surface area is 321 Å². The number of nitrogens with zero attached hydrogens (tertiary/aromatic N) is 1. The highest BCUT2D eigenvalue weighted by molar-refractivity contribution is 6.11. The standard InChI is InChI=1S/C48H31NO.C5H8/c1-2-10-32(11-3-1)34-12-8-14-36(28-34)37-15-9-13-35(29-37)33-20-24-40(25-21-33)49-45-18-6-4-16-41(45)43-30-38(22-26-46(43)49)39-23-27-48-44(31-39)42-17-5-7-19-47(42)50-48;1-3-5-4-2/h1-31H;3-5H,1H2,2H3/b;5-4-. The number of hydrogen-bond acceptors (Lipinski definition) is 1. The molecule has 2 heteroatoms. The van der Waals surface area contributed by atoms with E-state index in [4.69, 9.17) is 4.42 Å². The molecule has 10 aromatic rings. The zero-order valence-corrected chi connectivity index (χ0v) is 30.7. The summed E-state index contributed by atoms with van der Waals surface area (Å²) in [4.78, 5) is 0. The minimum atomic E-state index is 0.917. The van der Waals surface area contributed by atoms with Crippen LogP contribution in [0.4, 0.5) is 0 Å². The van der Waals surface area contributed by atoms with Gasteiger partial charge in [-0.1, -0.05) is 152 Å². The van der Waals surface area contributed by atoms with Crippen LogP contribution in [-0.2, 0) is 0 Å². The van der Waals surface area contributed by atoms with E-state index in [0.29, 0.717) is 0 Å². The van der Waals surface area contributed by atoms with Crippen molar-refractivity contribution >= 4 is 43.7 Å². The average molecular weight is 706 g/mol. The van der Waals surface area contributed by atoms with Crippen LogP contribution in [0.3, 0.4) is 0 Å². The molecule has 8 aromatic carbocycles. The number of para-hydroxylation sites is 2. The van der Waals surface area contributed by atoms with Crippen LogP contribution in [0.25, 0.3) is 93.9 Å². The summed E-state index contributed by atoms with van der Waals surface area (Å²) >= 11 is 0. The van der Waals surface area contributed by atoms with E-state index in [1.54, 1.807) is 6.08 Å². The summed E-state index contributed by atoms with van der Waals surface area (Å²) in [5.41, 5.74) is 15.0. The minimum Gasteiger partial charge on any atom is -0.456 e. The zero-order valence-electron chi connectivity index (χ0n) is 30.7. The third-order valence-electron chi connectivity index (χ3n) is 10.3. The first-order chi connectivity index (χ1) is 27.2. The predicted octanol–water partition coefficient (Wildman–Crippen LogP) is 15.1. The third kappa shape index (κ3) is 6.45. The average Bonchev–Trinajstić information content (AvgIpc) is 3.80. The first-order valence-electron chi connectivity index (χ1n) is 18.7. The van der Waals surface area contributed by atoms with Gasteiger partial charge in [-0.3, -0.25) is 0 Å². The molecule has 0 aliphatic rings. The number of rotatable bonds is 6. The van der Waals surface area contributed by atoms with Crippen LogP contribution >= 0.6 is 0 Å². The lowest BCUT2D eigenvalue weighted by molar-refractivity contribution is 0.669. The maximum atomic E-state index is 6.10. The van der Waals surface area contributed by atoms with Gasteiger partial charge in [0.15, 0.2) is 0 Å². The summed E-state index contributed by atoms with van der Waals surface area (Å²) < 4.78 is 8.49. The van der Waals surface area contributed by atoms with Crippen molar-refractivity contribution in [3.8, 4) is 50.2 Å². The van der Waals surface area contributed by atoms with Crippen molar-refractivity contribution in [2.45, 2.75) is 6.92 Å². The second kappa shape index (κ2) is 14.7. The van der Waals surface area contributed by atoms with Crippen molar-refractivity contribution in [1.82, 2.24) is 4.57 Å². The maximum absolute atomic E-state index is 6.10. The Morgan fingerprint density at radius 3 is 1.56 bits per heavy atom. The molecule has 0 atom stereocenters. The minimum absolute atomic E-state index is 0.917. The summed E-state index contributed by atoms with van der Waals surface area (Å²) in [7, 11) is 0. The molecule has 0 bridgehead atoms. The van der Waals surface area contributed by atoms with Crippen molar-refractivity contribution in [3.63, 3.8) is 0 Å². The van der Waals surface area contributed by atoms with Crippen molar-refractivity contribution in [1.29, 1.82) is 0 Å². The van der Waals surface area contributed by atoms with Gasteiger partial charge in [-0.05, 0) is 112 Å². The lowest BCUT2D eigenvalue weighted by Crippen LogP contribution is -1.93. The van der Waals surface area contributed by atoms with Crippen molar-refractivity contribution in [2.75, 3.05) is 0 Å². The summed E-state index contributed by atoms with van der Waals surface area (Å²) in [5, 5.41) is 4.78. The van der Waals surface area contributed by atoms with Gasteiger partial charge in [0, 0.05) is 27.2 Å².